The zero-order valence-electron chi connectivity index (χ0n) is 12.4. The molecule has 5 nitrogen and oxygen atoms in total. The van der Waals surface area contributed by atoms with E-state index in [0.717, 1.165) is 43.7 Å². The van der Waals surface area contributed by atoms with Crippen LogP contribution in [0.5, 0.6) is 0 Å². The van der Waals surface area contributed by atoms with Crippen molar-refractivity contribution in [1.29, 1.82) is 0 Å². The number of hydrogen-bond donors (Lipinski definition) is 0. The number of halogens is 1. The maximum absolute atomic E-state index is 11.9. The van der Waals surface area contributed by atoms with E-state index < -0.39 is 0 Å². The van der Waals surface area contributed by atoms with E-state index in [-0.39, 0.29) is 12.0 Å². The van der Waals surface area contributed by atoms with Crippen LogP contribution in [-0.4, -0.2) is 40.3 Å². The Hall–Kier alpha value is -1.07. The average Bonchev–Trinajstić information content (AvgIpc) is 2.74. The highest BCUT2D eigenvalue weighted by Gasteiger charge is 2.30. The summed E-state index contributed by atoms with van der Waals surface area (Å²) in [6.07, 6.45) is 3.02. The smallest absolute Gasteiger partial charge is 0.323 e. The summed E-state index contributed by atoms with van der Waals surface area (Å²) in [5.74, 6) is -0.153. The molecule has 0 bridgehead atoms. The Bertz CT molecular complexity index is 487. The van der Waals surface area contributed by atoms with Gasteiger partial charge in [0, 0.05) is 13.1 Å². The predicted molar refractivity (Wildman–Crippen MR) is 77.7 cm³/mol. The SMILES string of the molecule is CCn1nc(C)c(Cl)c1CN1CCCC[C@@H]1C(=O)OC. The van der Waals surface area contributed by atoms with Gasteiger partial charge in [0.05, 0.1) is 23.5 Å². The molecule has 1 aliphatic rings. The number of carbonyl (C=O) groups is 1. The Morgan fingerprint density at radius 1 is 1.50 bits per heavy atom. The maximum Gasteiger partial charge on any atom is 0.323 e. The fourth-order valence-corrected chi connectivity index (χ4v) is 2.99. The number of carbonyl (C=O) groups excluding carboxylic acids is 1. The number of rotatable bonds is 4. The first-order chi connectivity index (χ1) is 9.58. The monoisotopic (exact) mass is 299 g/mol. The number of likely N-dealkylation sites (tertiary alicyclic amines) is 1. The highest BCUT2D eigenvalue weighted by atomic mass is 35.5. The summed E-state index contributed by atoms with van der Waals surface area (Å²) in [5.41, 5.74) is 1.83. The minimum Gasteiger partial charge on any atom is -0.468 e. The van der Waals surface area contributed by atoms with Gasteiger partial charge in [-0.15, -0.1) is 0 Å². The van der Waals surface area contributed by atoms with Crippen molar-refractivity contribution in [1.82, 2.24) is 14.7 Å². The summed E-state index contributed by atoms with van der Waals surface area (Å²) in [6, 6.07) is -0.162. The summed E-state index contributed by atoms with van der Waals surface area (Å²) in [7, 11) is 1.45. The molecule has 1 saturated heterocycles. The van der Waals surface area contributed by atoms with E-state index in [2.05, 4.69) is 10.00 Å². The lowest BCUT2D eigenvalue weighted by Gasteiger charge is -2.33. The van der Waals surface area contributed by atoms with Crippen molar-refractivity contribution in [2.24, 2.45) is 0 Å². The fourth-order valence-electron chi connectivity index (χ4n) is 2.80. The number of hydrogen-bond acceptors (Lipinski definition) is 4. The van der Waals surface area contributed by atoms with Crippen molar-refractivity contribution in [2.45, 2.75) is 52.2 Å². The van der Waals surface area contributed by atoms with Gasteiger partial charge in [0.25, 0.3) is 0 Å². The molecular weight excluding hydrogens is 278 g/mol. The molecule has 0 aliphatic carbocycles. The molecule has 2 rings (SSSR count). The number of ether oxygens (including phenoxy) is 1. The van der Waals surface area contributed by atoms with Crippen LogP contribution in [0.1, 0.15) is 37.6 Å². The van der Waals surface area contributed by atoms with Crippen molar-refractivity contribution in [3.05, 3.63) is 16.4 Å². The molecule has 1 aliphatic heterocycles. The van der Waals surface area contributed by atoms with Crippen molar-refractivity contribution in [3.8, 4) is 0 Å². The second kappa shape index (κ2) is 6.59. The van der Waals surface area contributed by atoms with Crippen LogP contribution in [0.25, 0.3) is 0 Å². The number of methoxy groups -OCH3 is 1. The number of aromatic nitrogens is 2. The molecule has 1 fully saturated rings. The van der Waals surface area contributed by atoms with E-state index in [4.69, 9.17) is 16.3 Å². The topological polar surface area (TPSA) is 47.4 Å². The van der Waals surface area contributed by atoms with Crippen LogP contribution in [0, 0.1) is 6.92 Å². The van der Waals surface area contributed by atoms with Gasteiger partial charge < -0.3 is 4.74 Å². The first kappa shape index (κ1) is 15.3. The van der Waals surface area contributed by atoms with Crippen LogP contribution >= 0.6 is 11.6 Å². The van der Waals surface area contributed by atoms with Gasteiger partial charge in [-0.1, -0.05) is 18.0 Å². The molecule has 0 aromatic carbocycles. The minimum absolute atomic E-state index is 0.153. The number of esters is 1. The molecule has 6 heteroatoms. The Morgan fingerprint density at radius 3 is 2.90 bits per heavy atom. The Morgan fingerprint density at radius 2 is 2.25 bits per heavy atom. The number of nitrogens with zero attached hydrogens (tertiary/aromatic N) is 3. The summed E-state index contributed by atoms with van der Waals surface area (Å²) in [4.78, 5) is 14.0. The minimum atomic E-state index is -0.162. The summed E-state index contributed by atoms with van der Waals surface area (Å²) in [5, 5.41) is 5.14. The van der Waals surface area contributed by atoms with Gasteiger partial charge in [0.15, 0.2) is 0 Å². The fraction of sp³-hybridized carbons (Fsp3) is 0.714. The van der Waals surface area contributed by atoms with E-state index in [1.54, 1.807) is 0 Å². The quantitative estimate of drug-likeness (QED) is 0.801. The first-order valence-corrected chi connectivity index (χ1v) is 7.50. The van der Waals surface area contributed by atoms with Crippen LogP contribution in [0.2, 0.25) is 5.02 Å². The second-order valence-corrected chi connectivity index (χ2v) is 5.55. The Balaban J connectivity index is 2.20. The van der Waals surface area contributed by atoms with Gasteiger partial charge in [-0.05, 0) is 33.2 Å². The molecule has 0 radical (unpaired) electrons. The van der Waals surface area contributed by atoms with Crippen LogP contribution in [0.4, 0.5) is 0 Å². The van der Waals surface area contributed by atoms with Crippen molar-refractivity contribution >= 4 is 17.6 Å². The highest BCUT2D eigenvalue weighted by Crippen LogP contribution is 2.26. The van der Waals surface area contributed by atoms with E-state index in [0.29, 0.717) is 11.6 Å². The molecular formula is C14H22ClN3O2. The third-order valence-electron chi connectivity index (χ3n) is 3.89. The van der Waals surface area contributed by atoms with Gasteiger partial charge in [-0.2, -0.15) is 5.10 Å². The van der Waals surface area contributed by atoms with Crippen molar-refractivity contribution in [2.75, 3.05) is 13.7 Å². The molecule has 2 heterocycles. The Kier molecular flexibility index (Phi) is 5.05. The van der Waals surface area contributed by atoms with E-state index in [1.807, 2.05) is 18.5 Å². The number of aryl methyl sites for hydroxylation is 2. The van der Waals surface area contributed by atoms with Crippen molar-refractivity contribution < 1.29 is 9.53 Å². The van der Waals surface area contributed by atoms with E-state index in [1.165, 1.54) is 7.11 Å². The summed E-state index contributed by atoms with van der Waals surface area (Å²) >= 11 is 6.35. The lowest BCUT2D eigenvalue weighted by Crippen LogP contribution is -2.45. The summed E-state index contributed by atoms with van der Waals surface area (Å²) in [6.45, 7) is 6.27. The van der Waals surface area contributed by atoms with Crippen LogP contribution in [0.15, 0.2) is 0 Å². The van der Waals surface area contributed by atoms with E-state index >= 15 is 0 Å². The van der Waals surface area contributed by atoms with Crippen LogP contribution in [0.3, 0.4) is 0 Å². The average molecular weight is 300 g/mol. The lowest BCUT2D eigenvalue weighted by molar-refractivity contribution is -0.148. The molecule has 0 saturated carbocycles. The van der Waals surface area contributed by atoms with E-state index in [9.17, 15) is 4.79 Å². The van der Waals surface area contributed by atoms with Gasteiger partial charge in [-0.25, -0.2) is 0 Å². The van der Waals surface area contributed by atoms with Gasteiger partial charge in [0.2, 0.25) is 0 Å². The Labute approximate surface area is 124 Å². The van der Waals surface area contributed by atoms with Gasteiger partial charge in [-0.3, -0.25) is 14.4 Å². The molecule has 1 atom stereocenters. The molecule has 0 unspecified atom stereocenters. The molecule has 1 aromatic heterocycles. The predicted octanol–water partition coefficient (Wildman–Crippen LogP) is 2.39. The standard InChI is InChI=1S/C14H22ClN3O2/c1-4-18-12(13(15)10(2)16-18)9-17-8-6-5-7-11(17)14(19)20-3/h11H,4-9H2,1-3H3/t11-/m1/s1. The lowest BCUT2D eigenvalue weighted by atomic mass is 10.0. The third-order valence-corrected chi connectivity index (χ3v) is 4.38. The first-order valence-electron chi connectivity index (χ1n) is 7.12. The zero-order chi connectivity index (χ0) is 14.7. The summed E-state index contributed by atoms with van der Waals surface area (Å²) < 4.78 is 6.83. The number of piperidine rings is 1. The van der Waals surface area contributed by atoms with Crippen LogP contribution in [-0.2, 0) is 22.6 Å². The third kappa shape index (κ3) is 2.99. The largest absolute Gasteiger partial charge is 0.468 e. The maximum atomic E-state index is 11.9. The molecule has 0 amide bonds. The zero-order valence-corrected chi connectivity index (χ0v) is 13.1. The molecule has 0 N–H and O–H groups in total. The molecule has 112 valence electrons. The molecule has 0 spiro atoms. The van der Waals surface area contributed by atoms with Gasteiger partial charge >= 0.3 is 5.97 Å². The molecule has 20 heavy (non-hydrogen) atoms. The normalized spacial score (nSPS) is 20.1. The molecule has 1 aromatic rings. The highest BCUT2D eigenvalue weighted by molar-refractivity contribution is 6.31. The van der Waals surface area contributed by atoms with Gasteiger partial charge in [0.1, 0.15) is 6.04 Å². The second-order valence-electron chi connectivity index (χ2n) is 5.17. The van der Waals surface area contributed by atoms with Crippen molar-refractivity contribution in [3.63, 3.8) is 0 Å². The van der Waals surface area contributed by atoms with Crippen LogP contribution < -0.4 is 0 Å².